The van der Waals surface area contributed by atoms with E-state index in [9.17, 15) is 4.79 Å². The van der Waals surface area contributed by atoms with E-state index in [1.165, 1.54) is 0 Å². The topological polar surface area (TPSA) is 66.3 Å². The van der Waals surface area contributed by atoms with Gasteiger partial charge in [-0.1, -0.05) is 0 Å². The number of imidazole rings is 1. The van der Waals surface area contributed by atoms with E-state index in [0.29, 0.717) is 12.3 Å². The van der Waals surface area contributed by atoms with Crippen LogP contribution in [0.25, 0.3) is 4.96 Å². The Morgan fingerprint density at radius 1 is 1.52 bits per heavy atom. The molecule has 23 heavy (non-hydrogen) atoms. The van der Waals surface area contributed by atoms with Crippen molar-refractivity contribution in [1.82, 2.24) is 24.5 Å². The second-order valence-electron chi connectivity index (χ2n) is 6.16. The van der Waals surface area contributed by atoms with Gasteiger partial charge in [0.2, 0.25) is 5.91 Å². The highest BCUT2D eigenvalue weighted by molar-refractivity contribution is 7.15. The number of aromatic nitrogens is 4. The van der Waals surface area contributed by atoms with Crippen LogP contribution >= 0.6 is 11.3 Å². The zero-order valence-corrected chi connectivity index (χ0v) is 13.8. The predicted octanol–water partition coefficient (Wildman–Crippen LogP) is 2.38. The molecule has 0 saturated carbocycles. The van der Waals surface area contributed by atoms with Crippen LogP contribution in [0.3, 0.4) is 0 Å². The van der Waals surface area contributed by atoms with E-state index < -0.39 is 0 Å². The van der Waals surface area contributed by atoms with Gasteiger partial charge in [0.15, 0.2) is 4.96 Å². The molecule has 120 valence electrons. The molecule has 1 aliphatic heterocycles. The molecule has 0 spiro atoms. The lowest BCUT2D eigenvalue weighted by molar-refractivity contribution is -0.131. The molecule has 1 unspecified atom stereocenters. The quantitative estimate of drug-likeness (QED) is 0.802. The summed E-state index contributed by atoms with van der Waals surface area (Å²) < 4.78 is 1.97. The zero-order valence-electron chi connectivity index (χ0n) is 13.0. The van der Waals surface area contributed by atoms with E-state index in [0.717, 1.165) is 48.0 Å². The maximum absolute atomic E-state index is 12.6. The molecule has 1 amide bonds. The van der Waals surface area contributed by atoms with Crippen molar-refractivity contribution in [3.05, 3.63) is 40.9 Å². The van der Waals surface area contributed by atoms with Crippen molar-refractivity contribution in [2.24, 2.45) is 0 Å². The summed E-state index contributed by atoms with van der Waals surface area (Å²) in [4.78, 5) is 20.0. The second-order valence-corrected chi connectivity index (χ2v) is 7.03. The minimum absolute atomic E-state index is 0.160. The molecule has 7 heteroatoms. The highest BCUT2D eigenvalue weighted by Crippen LogP contribution is 2.26. The minimum Gasteiger partial charge on any atom is -0.342 e. The number of fused-ring (bicyclic) bond motifs is 1. The maximum atomic E-state index is 12.6. The summed E-state index contributed by atoms with van der Waals surface area (Å²) in [6.07, 6.45) is 6.41. The summed E-state index contributed by atoms with van der Waals surface area (Å²) >= 11 is 1.59. The standard InChI is InChI=1S/C16H19N5OS/c1-11-7-14(19-18-11)12-3-2-4-20(9-12)15(22)8-13-10-21-5-6-23-16(21)17-13/h5-7,10,12H,2-4,8-9H2,1H3,(H,18,19). The molecule has 0 aliphatic carbocycles. The lowest BCUT2D eigenvalue weighted by Gasteiger charge is -2.32. The van der Waals surface area contributed by atoms with Gasteiger partial charge in [-0.3, -0.25) is 14.3 Å². The largest absolute Gasteiger partial charge is 0.342 e. The summed E-state index contributed by atoms with van der Waals surface area (Å²) in [7, 11) is 0. The number of likely N-dealkylation sites (tertiary alicyclic amines) is 1. The van der Waals surface area contributed by atoms with Crippen LogP contribution in [0.4, 0.5) is 0 Å². The SMILES string of the molecule is Cc1cc(C2CCCN(C(=O)Cc3cn4ccsc4n3)C2)n[nH]1. The van der Waals surface area contributed by atoms with Crippen molar-refractivity contribution in [1.29, 1.82) is 0 Å². The number of H-pyrrole nitrogens is 1. The van der Waals surface area contributed by atoms with Crippen molar-refractivity contribution in [3.8, 4) is 0 Å². The molecule has 3 aromatic heterocycles. The summed E-state index contributed by atoms with van der Waals surface area (Å²) in [5.41, 5.74) is 2.99. The van der Waals surface area contributed by atoms with Crippen molar-refractivity contribution in [2.75, 3.05) is 13.1 Å². The second kappa shape index (κ2) is 5.81. The van der Waals surface area contributed by atoms with Crippen molar-refractivity contribution in [3.63, 3.8) is 0 Å². The fraction of sp³-hybridized carbons (Fsp3) is 0.438. The number of hydrogen-bond donors (Lipinski definition) is 1. The van der Waals surface area contributed by atoms with Gasteiger partial charge in [-0.05, 0) is 25.8 Å². The fourth-order valence-corrected chi connectivity index (χ4v) is 3.94. The Morgan fingerprint density at radius 2 is 2.43 bits per heavy atom. The average Bonchev–Trinajstić information content (AvgIpc) is 3.23. The smallest absolute Gasteiger partial charge is 0.228 e. The Kier molecular flexibility index (Phi) is 3.65. The van der Waals surface area contributed by atoms with Crippen molar-refractivity contribution >= 4 is 22.2 Å². The monoisotopic (exact) mass is 329 g/mol. The van der Waals surface area contributed by atoms with Crippen LogP contribution in [-0.2, 0) is 11.2 Å². The van der Waals surface area contributed by atoms with Gasteiger partial charge < -0.3 is 4.90 Å². The lowest BCUT2D eigenvalue weighted by atomic mass is 9.94. The van der Waals surface area contributed by atoms with E-state index in [4.69, 9.17) is 0 Å². The number of rotatable bonds is 3. The number of nitrogens with zero attached hydrogens (tertiary/aromatic N) is 4. The van der Waals surface area contributed by atoms with Gasteiger partial charge in [-0.2, -0.15) is 5.10 Å². The summed E-state index contributed by atoms with van der Waals surface area (Å²) in [6.45, 7) is 3.60. The Bertz CT molecular complexity index is 804. The van der Waals surface area contributed by atoms with Gasteiger partial charge >= 0.3 is 0 Å². The molecule has 1 aliphatic rings. The third kappa shape index (κ3) is 2.88. The summed E-state index contributed by atoms with van der Waals surface area (Å²) in [5, 5.41) is 9.35. The molecular weight excluding hydrogens is 310 g/mol. The van der Waals surface area contributed by atoms with Gasteiger partial charge in [0.25, 0.3) is 0 Å². The number of carbonyl (C=O) groups is 1. The maximum Gasteiger partial charge on any atom is 0.228 e. The summed E-state index contributed by atoms with van der Waals surface area (Å²) in [5.74, 6) is 0.496. The molecule has 1 saturated heterocycles. The number of hydrogen-bond acceptors (Lipinski definition) is 4. The van der Waals surface area contributed by atoms with Gasteiger partial charge in [-0.15, -0.1) is 11.3 Å². The van der Waals surface area contributed by atoms with Gasteiger partial charge in [0.1, 0.15) is 0 Å². The van der Waals surface area contributed by atoms with Crippen LogP contribution < -0.4 is 0 Å². The number of nitrogens with one attached hydrogen (secondary N) is 1. The minimum atomic E-state index is 0.160. The normalized spacial score (nSPS) is 18.7. The first kappa shape index (κ1) is 14.4. The first-order valence-electron chi connectivity index (χ1n) is 7.90. The highest BCUT2D eigenvalue weighted by Gasteiger charge is 2.26. The third-order valence-electron chi connectivity index (χ3n) is 4.39. The number of carbonyl (C=O) groups excluding carboxylic acids is 1. The van der Waals surface area contributed by atoms with Crippen molar-refractivity contribution in [2.45, 2.75) is 32.1 Å². The molecule has 4 heterocycles. The molecular formula is C16H19N5OS. The molecule has 3 aromatic rings. The number of thiazole rings is 1. The first-order valence-corrected chi connectivity index (χ1v) is 8.78. The molecule has 0 bridgehead atoms. The van der Waals surface area contributed by atoms with Crippen LogP contribution in [0, 0.1) is 6.92 Å². The summed E-state index contributed by atoms with van der Waals surface area (Å²) in [6, 6.07) is 2.09. The van der Waals surface area contributed by atoms with E-state index in [1.807, 2.05) is 34.0 Å². The van der Waals surface area contributed by atoms with E-state index in [-0.39, 0.29) is 5.91 Å². The molecule has 4 rings (SSSR count). The molecule has 0 aromatic carbocycles. The van der Waals surface area contributed by atoms with E-state index in [2.05, 4.69) is 21.2 Å². The molecule has 1 atom stereocenters. The fourth-order valence-electron chi connectivity index (χ4n) is 3.22. The molecule has 1 N–H and O–H groups in total. The molecule has 6 nitrogen and oxygen atoms in total. The molecule has 1 fully saturated rings. The Balaban J connectivity index is 1.44. The van der Waals surface area contributed by atoms with E-state index >= 15 is 0 Å². The third-order valence-corrected chi connectivity index (χ3v) is 5.16. The lowest BCUT2D eigenvalue weighted by Crippen LogP contribution is -2.40. The Morgan fingerprint density at radius 3 is 3.22 bits per heavy atom. The number of aromatic amines is 1. The first-order chi connectivity index (χ1) is 11.2. The van der Waals surface area contributed by atoms with Gasteiger partial charge in [0, 0.05) is 42.5 Å². The molecule has 0 radical (unpaired) electrons. The average molecular weight is 329 g/mol. The number of aryl methyl sites for hydroxylation is 1. The number of amides is 1. The predicted molar refractivity (Wildman–Crippen MR) is 88.7 cm³/mol. The van der Waals surface area contributed by atoms with Crippen LogP contribution in [0.1, 0.15) is 35.8 Å². The van der Waals surface area contributed by atoms with Gasteiger partial charge in [-0.25, -0.2) is 4.98 Å². The van der Waals surface area contributed by atoms with Crippen molar-refractivity contribution < 1.29 is 4.79 Å². The Labute approximate surface area is 138 Å². The van der Waals surface area contributed by atoms with Gasteiger partial charge in [0.05, 0.1) is 17.8 Å². The Hall–Kier alpha value is -2.15. The van der Waals surface area contributed by atoms with Crippen LogP contribution in [0.2, 0.25) is 0 Å². The van der Waals surface area contributed by atoms with E-state index in [1.54, 1.807) is 11.3 Å². The zero-order chi connectivity index (χ0) is 15.8. The van der Waals surface area contributed by atoms with Crippen LogP contribution in [0.15, 0.2) is 23.8 Å². The highest BCUT2D eigenvalue weighted by atomic mass is 32.1. The van der Waals surface area contributed by atoms with Crippen LogP contribution in [0.5, 0.6) is 0 Å². The number of piperidine rings is 1. The van der Waals surface area contributed by atoms with Crippen LogP contribution in [-0.4, -0.2) is 43.5 Å².